The summed E-state index contributed by atoms with van der Waals surface area (Å²) in [5, 5.41) is 0. The van der Waals surface area contributed by atoms with E-state index in [1.165, 1.54) is 14.2 Å². The third-order valence-corrected chi connectivity index (χ3v) is 5.03. The van der Waals surface area contributed by atoms with Crippen molar-refractivity contribution in [1.29, 1.82) is 0 Å². The lowest BCUT2D eigenvalue weighted by molar-refractivity contribution is -0.146. The molecule has 0 heterocycles. The molecule has 112 valence electrons. The van der Waals surface area contributed by atoms with Gasteiger partial charge in [0, 0.05) is 27.1 Å². The van der Waals surface area contributed by atoms with Gasteiger partial charge in [0.15, 0.2) is 0 Å². The molecule has 0 N–H and O–H groups in total. The zero-order valence-electron chi connectivity index (χ0n) is 12.1. The number of ether oxygens (including phenoxy) is 1. The molecule has 0 aliphatic rings. The Kier molecular flexibility index (Phi) is 6.93. The number of benzene rings is 1. The molecule has 20 heavy (non-hydrogen) atoms. The summed E-state index contributed by atoms with van der Waals surface area (Å²) in [6.07, 6.45) is 1.23. The first kappa shape index (κ1) is 16.9. The lowest BCUT2D eigenvalue weighted by Gasteiger charge is -2.24. The fourth-order valence-electron chi connectivity index (χ4n) is 1.76. The first-order chi connectivity index (χ1) is 9.55. The van der Waals surface area contributed by atoms with Crippen molar-refractivity contribution in [2.24, 2.45) is 0 Å². The van der Waals surface area contributed by atoms with Gasteiger partial charge in [0.25, 0.3) is 0 Å². The van der Waals surface area contributed by atoms with Crippen LogP contribution in [0, 0.1) is 0 Å². The van der Waals surface area contributed by atoms with Gasteiger partial charge in [-0.25, -0.2) is 0 Å². The highest BCUT2D eigenvalue weighted by Gasteiger charge is 2.36. The highest BCUT2D eigenvalue weighted by molar-refractivity contribution is 7.54. The van der Waals surface area contributed by atoms with Crippen LogP contribution in [0.25, 0.3) is 0 Å². The van der Waals surface area contributed by atoms with E-state index in [9.17, 15) is 9.36 Å². The fraction of sp³-hybridized carbons (Fsp3) is 0.500. The van der Waals surface area contributed by atoms with Gasteiger partial charge in [-0.1, -0.05) is 37.3 Å². The van der Waals surface area contributed by atoms with Crippen LogP contribution in [-0.2, 0) is 29.6 Å². The molecule has 0 amide bonds. The van der Waals surface area contributed by atoms with Crippen LogP contribution >= 0.6 is 7.60 Å². The van der Waals surface area contributed by atoms with Crippen LogP contribution in [0.2, 0.25) is 0 Å². The van der Waals surface area contributed by atoms with Crippen molar-refractivity contribution in [3.8, 4) is 0 Å². The lowest BCUT2D eigenvalue weighted by Crippen LogP contribution is -2.20. The summed E-state index contributed by atoms with van der Waals surface area (Å²) in [6, 6.07) is 9.70. The largest absolute Gasteiger partial charge is 0.449 e. The molecule has 1 atom stereocenters. The molecule has 0 unspecified atom stereocenters. The molecule has 0 aliphatic carbocycles. The highest BCUT2D eigenvalue weighted by Crippen LogP contribution is 2.53. The Balaban J connectivity index is 2.77. The standard InChI is InChI=1S/C14H21O5P/c1-4-13(15)19-14(20(16,17-2)18-3)11-10-12-8-6-5-7-9-12/h5-9,14H,4,10-11H2,1-3H3/t14-/m0/s1. The van der Waals surface area contributed by atoms with E-state index in [-0.39, 0.29) is 6.42 Å². The zero-order chi connectivity index (χ0) is 15.0. The summed E-state index contributed by atoms with van der Waals surface area (Å²) >= 11 is 0. The average Bonchev–Trinajstić information content (AvgIpc) is 2.51. The molecule has 0 fully saturated rings. The average molecular weight is 300 g/mol. The van der Waals surface area contributed by atoms with Gasteiger partial charge in [-0.15, -0.1) is 0 Å². The second-order valence-electron chi connectivity index (χ2n) is 4.23. The van der Waals surface area contributed by atoms with Crippen LogP contribution in [-0.4, -0.2) is 26.0 Å². The molecule has 1 rings (SSSR count). The van der Waals surface area contributed by atoms with Gasteiger partial charge in [-0.05, 0) is 12.0 Å². The monoisotopic (exact) mass is 300 g/mol. The van der Waals surface area contributed by atoms with E-state index in [2.05, 4.69) is 0 Å². The van der Waals surface area contributed by atoms with Gasteiger partial charge in [0.1, 0.15) is 0 Å². The number of aryl methyl sites for hydroxylation is 1. The molecule has 0 saturated heterocycles. The second kappa shape index (κ2) is 8.20. The minimum atomic E-state index is -3.44. The van der Waals surface area contributed by atoms with E-state index in [1.54, 1.807) is 6.92 Å². The SMILES string of the molecule is CCC(=O)O[C@H](CCc1ccccc1)P(=O)(OC)OC. The molecule has 0 spiro atoms. The number of carbonyl (C=O) groups excluding carboxylic acids is 1. The van der Waals surface area contributed by atoms with Crippen molar-refractivity contribution in [2.75, 3.05) is 14.2 Å². The first-order valence-corrected chi connectivity index (χ1v) is 8.11. The molecule has 5 nitrogen and oxygen atoms in total. The maximum Gasteiger partial charge on any atom is 0.370 e. The number of carbonyl (C=O) groups is 1. The van der Waals surface area contributed by atoms with Gasteiger partial charge in [0.2, 0.25) is 5.85 Å². The van der Waals surface area contributed by atoms with Crippen LogP contribution < -0.4 is 0 Å². The van der Waals surface area contributed by atoms with Gasteiger partial charge in [-0.3, -0.25) is 9.36 Å². The fourth-order valence-corrected chi connectivity index (χ4v) is 3.07. The summed E-state index contributed by atoms with van der Waals surface area (Å²) in [7, 11) is -0.856. The van der Waals surface area contributed by atoms with Gasteiger partial charge in [-0.2, -0.15) is 0 Å². The summed E-state index contributed by atoms with van der Waals surface area (Å²) < 4.78 is 27.5. The van der Waals surface area contributed by atoms with E-state index < -0.39 is 19.4 Å². The predicted octanol–water partition coefficient (Wildman–Crippen LogP) is 3.38. The first-order valence-electron chi connectivity index (χ1n) is 6.50. The topological polar surface area (TPSA) is 61.8 Å². The molecule has 0 aromatic heterocycles. The molecule has 0 radical (unpaired) electrons. The maximum atomic E-state index is 12.4. The minimum absolute atomic E-state index is 0.218. The van der Waals surface area contributed by atoms with E-state index in [0.29, 0.717) is 12.8 Å². The van der Waals surface area contributed by atoms with Gasteiger partial charge >= 0.3 is 13.6 Å². The van der Waals surface area contributed by atoms with E-state index in [0.717, 1.165) is 5.56 Å². The van der Waals surface area contributed by atoms with Crippen molar-refractivity contribution in [1.82, 2.24) is 0 Å². The Morgan fingerprint density at radius 1 is 1.20 bits per heavy atom. The Morgan fingerprint density at radius 2 is 1.80 bits per heavy atom. The molecule has 0 saturated carbocycles. The Bertz CT molecular complexity index is 452. The van der Waals surface area contributed by atoms with E-state index in [4.69, 9.17) is 13.8 Å². The smallest absolute Gasteiger partial charge is 0.370 e. The van der Waals surface area contributed by atoms with Crippen LogP contribution in [0.4, 0.5) is 0 Å². The van der Waals surface area contributed by atoms with Crippen molar-refractivity contribution < 1.29 is 23.1 Å². The van der Waals surface area contributed by atoms with Crippen molar-refractivity contribution in [3.05, 3.63) is 35.9 Å². The van der Waals surface area contributed by atoms with Crippen LogP contribution in [0.5, 0.6) is 0 Å². The summed E-state index contributed by atoms with van der Waals surface area (Å²) in [5.41, 5.74) is 1.07. The summed E-state index contributed by atoms with van der Waals surface area (Å²) in [5.74, 6) is -1.30. The number of esters is 1. The minimum Gasteiger partial charge on any atom is -0.449 e. The van der Waals surface area contributed by atoms with Gasteiger partial charge in [0.05, 0.1) is 0 Å². The molecular weight excluding hydrogens is 279 g/mol. The molecule has 0 bridgehead atoms. The van der Waals surface area contributed by atoms with Crippen LogP contribution in [0.3, 0.4) is 0 Å². The van der Waals surface area contributed by atoms with Crippen LogP contribution in [0.15, 0.2) is 30.3 Å². The maximum absolute atomic E-state index is 12.4. The lowest BCUT2D eigenvalue weighted by atomic mass is 10.1. The molecule has 0 aliphatic heterocycles. The highest BCUT2D eigenvalue weighted by atomic mass is 31.2. The quantitative estimate of drug-likeness (QED) is 0.544. The van der Waals surface area contributed by atoms with E-state index in [1.807, 2.05) is 30.3 Å². The van der Waals surface area contributed by atoms with Crippen molar-refractivity contribution in [2.45, 2.75) is 32.0 Å². The Hall–Kier alpha value is -1.16. The Morgan fingerprint density at radius 3 is 2.30 bits per heavy atom. The molecule has 1 aromatic rings. The normalized spacial score (nSPS) is 12.9. The number of hydrogen-bond donors (Lipinski definition) is 0. The van der Waals surface area contributed by atoms with Crippen LogP contribution in [0.1, 0.15) is 25.3 Å². The number of rotatable bonds is 8. The molecular formula is C14H21O5P. The summed E-state index contributed by atoms with van der Waals surface area (Å²) in [6.45, 7) is 1.68. The van der Waals surface area contributed by atoms with E-state index >= 15 is 0 Å². The Labute approximate surface area is 119 Å². The molecule has 6 heteroatoms. The zero-order valence-corrected chi connectivity index (χ0v) is 13.0. The third kappa shape index (κ3) is 4.75. The van der Waals surface area contributed by atoms with Gasteiger partial charge < -0.3 is 13.8 Å². The van der Waals surface area contributed by atoms with Crippen molar-refractivity contribution in [3.63, 3.8) is 0 Å². The van der Waals surface area contributed by atoms with Crippen molar-refractivity contribution >= 4 is 13.6 Å². The number of hydrogen-bond acceptors (Lipinski definition) is 5. The third-order valence-electron chi connectivity index (χ3n) is 2.94. The molecule has 1 aromatic carbocycles. The second-order valence-corrected chi connectivity index (χ2v) is 6.61. The summed E-state index contributed by atoms with van der Waals surface area (Å²) in [4.78, 5) is 11.5. The predicted molar refractivity (Wildman–Crippen MR) is 76.6 cm³/mol.